The molecule has 2 nitrogen and oxygen atoms in total. The number of alkyl halides is 3. The molecular formula is C26H35F4NO. The predicted molar refractivity (Wildman–Crippen MR) is 124 cm³/mol. The normalized spacial score (nSPS) is 19.4. The Hall–Kier alpha value is -2.50. The van der Waals surface area contributed by atoms with Crippen LogP contribution in [0, 0.1) is 18.7 Å². The maximum absolute atomic E-state index is 13.5. The van der Waals surface area contributed by atoms with E-state index in [4.69, 9.17) is 0 Å². The van der Waals surface area contributed by atoms with E-state index in [1.807, 2.05) is 25.3 Å². The van der Waals surface area contributed by atoms with E-state index in [9.17, 15) is 22.4 Å². The number of aromatic nitrogens is 1. The highest BCUT2D eigenvalue weighted by molar-refractivity contribution is 5.79. The van der Waals surface area contributed by atoms with Gasteiger partial charge in [0.05, 0.1) is 11.3 Å². The van der Waals surface area contributed by atoms with Crippen LogP contribution in [0.1, 0.15) is 83.6 Å². The summed E-state index contributed by atoms with van der Waals surface area (Å²) in [5, 5.41) is 0. The molecule has 1 aliphatic rings. The van der Waals surface area contributed by atoms with Crippen LogP contribution in [0.4, 0.5) is 17.6 Å². The molecule has 3 rings (SSSR count). The minimum atomic E-state index is -4.74. The molecule has 178 valence electrons. The molecule has 2 atom stereocenters. The van der Waals surface area contributed by atoms with E-state index < -0.39 is 17.6 Å². The molecule has 0 radical (unpaired) electrons. The van der Waals surface area contributed by atoms with E-state index in [0.29, 0.717) is 17.9 Å². The maximum atomic E-state index is 13.5. The number of Topliss-reactive ketones (excluding diaryl/α,β-unsaturated/α-hetero) is 1. The van der Waals surface area contributed by atoms with E-state index in [-0.39, 0.29) is 28.8 Å². The van der Waals surface area contributed by atoms with Gasteiger partial charge in [-0.2, -0.15) is 13.2 Å². The first kappa shape index (κ1) is 24.1. The molecule has 0 aliphatic heterocycles. The highest BCUT2D eigenvalue weighted by atomic mass is 19.4. The van der Waals surface area contributed by atoms with Crippen LogP contribution in [0.5, 0.6) is 0 Å². The van der Waals surface area contributed by atoms with Gasteiger partial charge in [-0.15, -0.1) is 0 Å². The fraction of sp³-hybridized carbons (Fsp3) is 0.462. The summed E-state index contributed by atoms with van der Waals surface area (Å²) in [6.45, 7) is 4.06. The van der Waals surface area contributed by atoms with Crippen molar-refractivity contribution < 1.29 is 26.6 Å². The second-order valence-corrected chi connectivity index (χ2v) is 8.71. The average Bonchev–Trinajstić information content (AvgIpc) is 2.74. The van der Waals surface area contributed by atoms with Crippen LogP contribution in [0.2, 0.25) is 0 Å². The van der Waals surface area contributed by atoms with Gasteiger partial charge in [0.1, 0.15) is 11.6 Å². The van der Waals surface area contributed by atoms with Crippen molar-refractivity contribution in [1.29, 1.82) is 0 Å². The molecule has 2 aromatic rings. The Balaban J connectivity index is 0.00000385. The molecule has 1 saturated carbocycles. The van der Waals surface area contributed by atoms with Gasteiger partial charge in [-0.05, 0) is 80.3 Å². The lowest BCUT2D eigenvalue weighted by Crippen LogP contribution is -2.19. The standard InChI is InChI=1S/C26H29F4NO.3H2/c1-3-5-22-17(2)12-13-31-25(22)20-7-4-6-19(14-20)15-21(32)10-8-18-9-11-24(27)23(16-18)26(28,29)30;;;/h3,5,9,11-13,16,19-20H,4,6-8,10,14-15H2,1-2H3;3*1H/b5-3-;;;. The molecule has 6 heteroatoms. The Morgan fingerprint density at radius 1 is 1.25 bits per heavy atom. The van der Waals surface area contributed by atoms with Crippen LogP contribution in [-0.4, -0.2) is 10.8 Å². The van der Waals surface area contributed by atoms with Gasteiger partial charge >= 0.3 is 6.18 Å². The first-order valence-corrected chi connectivity index (χ1v) is 11.1. The molecule has 1 fully saturated rings. The highest BCUT2D eigenvalue weighted by Crippen LogP contribution is 2.39. The molecule has 1 heterocycles. The van der Waals surface area contributed by atoms with Gasteiger partial charge in [-0.1, -0.05) is 24.6 Å². The molecule has 0 saturated heterocycles. The maximum Gasteiger partial charge on any atom is 0.419 e. The molecule has 1 aliphatic carbocycles. The number of hydrogen-bond donors (Lipinski definition) is 0. The van der Waals surface area contributed by atoms with Gasteiger partial charge in [0.25, 0.3) is 0 Å². The molecule has 0 amide bonds. The lowest BCUT2D eigenvalue weighted by Gasteiger charge is -2.29. The Morgan fingerprint density at radius 2 is 2.03 bits per heavy atom. The van der Waals surface area contributed by atoms with E-state index in [2.05, 4.69) is 18.0 Å². The number of pyridine rings is 1. The summed E-state index contributed by atoms with van der Waals surface area (Å²) in [6, 6.07) is 4.96. The Bertz CT molecular complexity index is 995. The highest BCUT2D eigenvalue weighted by Gasteiger charge is 2.34. The van der Waals surface area contributed by atoms with E-state index in [1.165, 1.54) is 11.6 Å². The Morgan fingerprint density at radius 3 is 2.75 bits per heavy atom. The zero-order chi connectivity index (χ0) is 23.3. The second kappa shape index (κ2) is 10.4. The number of nitrogens with zero attached hydrogens (tertiary/aromatic N) is 1. The quantitative estimate of drug-likeness (QED) is 0.396. The van der Waals surface area contributed by atoms with Crippen LogP contribution in [-0.2, 0) is 17.4 Å². The van der Waals surface area contributed by atoms with Crippen LogP contribution in [0.25, 0.3) is 6.08 Å². The fourth-order valence-corrected chi connectivity index (χ4v) is 4.68. The first-order valence-electron chi connectivity index (χ1n) is 11.1. The summed E-state index contributed by atoms with van der Waals surface area (Å²) in [5.41, 5.74) is 2.48. The number of rotatable bonds is 7. The summed E-state index contributed by atoms with van der Waals surface area (Å²) < 4.78 is 52.2. The van der Waals surface area contributed by atoms with Crippen LogP contribution in [0.3, 0.4) is 0 Å². The summed E-state index contributed by atoms with van der Waals surface area (Å²) >= 11 is 0. The first-order chi connectivity index (χ1) is 15.2. The third-order valence-electron chi connectivity index (χ3n) is 6.29. The van der Waals surface area contributed by atoms with Gasteiger partial charge in [0.2, 0.25) is 0 Å². The number of halogens is 4. The fourth-order valence-electron chi connectivity index (χ4n) is 4.68. The number of ketones is 1. The molecule has 1 aromatic carbocycles. The summed E-state index contributed by atoms with van der Waals surface area (Å²) in [5.74, 6) is -0.692. The summed E-state index contributed by atoms with van der Waals surface area (Å²) in [4.78, 5) is 17.2. The van der Waals surface area contributed by atoms with Gasteiger partial charge in [0.15, 0.2) is 0 Å². The third-order valence-corrected chi connectivity index (χ3v) is 6.29. The van der Waals surface area contributed by atoms with Crippen molar-refractivity contribution >= 4 is 11.9 Å². The smallest absolute Gasteiger partial charge is 0.300 e. The molecular weight excluding hydrogens is 418 g/mol. The molecule has 0 spiro atoms. The second-order valence-electron chi connectivity index (χ2n) is 8.71. The van der Waals surface area contributed by atoms with Crippen LogP contribution >= 0.6 is 0 Å². The Kier molecular flexibility index (Phi) is 7.86. The van der Waals surface area contributed by atoms with Crippen LogP contribution < -0.4 is 0 Å². The molecule has 0 N–H and O–H groups in total. The SMILES string of the molecule is C/C=C\c1c(C)ccnc1C1CCCC(CC(=O)CCc2ccc(F)c(C(F)(F)F)c2)C1.[HH].[HH].[HH]. The van der Waals surface area contributed by atoms with Crippen LogP contribution in [0.15, 0.2) is 36.5 Å². The van der Waals surface area contributed by atoms with Crippen molar-refractivity contribution in [3.63, 3.8) is 0 Å². The Labute approximate surface area is 191 Å². The van der Waals surface area contributed by atoms with Crippen molar-refractivity contribution in [2.24, 2.45) is 5.92 Å². The van der Waals surface area contributed by atoms with E-state index >= 15 is 0 Å². The third kappa shape index (κ3) is 6.05. The number of allylic oxidation sites excluding steroid dienone is 1. The van der Waals surface area contributed by atoms with Crippen molar-refractivity contribution in [3.8, 4) is 0 Å². The van der Waals surface area contributed by atoms with E-state index in [1.54, 1.807) is 0 Å². The van der Waals surface area contributed by atoms with Crippen molar-refractivity contribution in [2.75, 3.05) is 0 Å². The van der Waals surface area contributed by atoms with Gasteiger partial charge < -0.3 is 0 Å². The minimum Gasteiger partial charge on any atom is -0.300 e. The molecule has 0 bridgehead atoms. The number of carbonyl (C=O) groups is 1. The zero-order valence-electron chi connectivity index (χ0n) is 18.5. The number of aryl methyl sites for hydroxylation is 2. The molecule has 1 aromatic heterocycles. The number of carbonyl (C=O) groups excluding carboxylic acids is 1. The lowest BCUT2D eigenvalue weighted by molar-refractivity contribution is -0.140. The van der Waals surface area contributed by atoms with Gasteiger partial charge in [-0.25, -0.2) is 4.39 Å². The van der Waals surface area contributed by atoms with Crippen molar-refractivity contribution in [2.45, 2.75) is 70.9 Å². The van der Waals surface area contributed by atoms with Gasteiger partial charge in [0, 0.05) is 29.2 Å². The van der Waals surface area contributed by atoms with Crippen molar-refractivity contribution in [3.05, 3.63) is 70.3 Å². The summed E-state index contributed by atoms with van der Waals surface area (Å²) in [6.07, 6.45) is 5.90. The topological polar surface area (TPSA) is 30.0 Å². The average molecular weight is 454 g/mol. The molecule has 2 unspecified atom stereocenters. The summed E-state index contributed by atoms with van der Waals surface area (Å²) in [7, 11) is 0. The number of hydrogen-bond acceptors (Lipinski definition) is 2. The van der Waals surface area contributed by atoms with Crippen molar-refractivity contribution in [1.82, 2.24) is 4.98 Å². The van der Waals surface area contributed by atoms with Gasteiger partial charge in [-0.3, -0.25) is 9.78 Å². The number of benzene rings is 1. The van der Waals surface area contributed by atoms with E-state index in [0.717, 1.165) is 49.1 Å². The zero-order valence-corrected chi connectivity index (χ0v) is 18.5. The molecule has 32 heavy (non-hydrogen) atoms. The monoisotopic (exact) mass is 453 g/mol. The largest absolute Gasteiger partial charge is 0.419 e. The predicted octanol–water partition coefficient (Wildman–Crippen LogP) is 8.18. The lowest BCUT2D eigenvalue weighted by atomic mass is 9.76. The minimum absolute atomic E-state index is 0.